The molecule has 0 radical (unpaired) electrons. The van der Waals surface area contributed by atoms with Crippen LogP contribution in [0.3, 0.4) is 0 Å². The average Bonchev–Trinajstić information content (AvgIpc) is 2.18. The Bertz CT molecular complexity index is 381. The third-order valence-corrected chi connectivity index (χ3v) is 2.74. The van der Waals surface area contributed by atoms with Gasteiger partial charge in [-0.2, -0.15) is 5.26 Å². The molecule has 0 aromatic heterocycles. The lowest BCUT2D eigenvalue weighted by Crippen LogP contribution is -2.16. The van der Waals surface area contributed by atoms with Crippen LogP contribution in [0.15, 0.2) is 30.3 Å². The van der Waals surface area contributed by atoms with Crippen LogP contribution >= 0.6 is 24.0 Å². The van der Waals surface area contributed by atoms with Crippen LogP contribution in [0, 0.1) is 11.3 Å². The van der Waals surface area contributed by atoms with Crippen molar-refractivity contribution in [3.63, 3.8) is 0 Å². The Balaban J connectivity index is 2.55. The van der Waals surface area contributed by atoms with Gasteiger partial charge in [0.1, 0.15) is 10.5 Å². The van der Waals surface area contributed by atoms with Crippen LogP contribution in [0.1, 0.15) is 13.8 Å². The van der Waals surface area contributed by atoms with Crippen molar-refractivity contribution >= 4 is 28.4 Å². The molecule has 0 spiro atoms. The molecule has 0 fully saturated rings. The highest BCUT2D eigenvalue weighted by molar-refractivity contribution is 8.23. The van der Waals surface area contributed by atoms with Gasteiger partial charge in [-0.3, -0.25) is 0 Å². The fraction of sp³-hybridized carbons (Fsp3) is 0.273. The highest BCUT2D eigenvalue weighted by Crippen LogP contribution is 2.26. The third-order valence-electron chi connectivity index (χ3n) is 1.55. The fourth-order valence-corrected chi connectivity index (χ4v) is 2.16. The first kappa shape index (κ1) is 12.0. The van der Waals surface area contributed by atoms with Crippen molar-refractivity contribution in [1.29, 1.82) is 5.26 Å². The molecule has 0 aliphatic rings. The highest BCUT2D eigenvalue weighted by atomic mass is 32.2. The maximum absolute atomic E-state index is 8.82. The molecule has 2 nitrogen and oxygen atoms in total. The zero-order valence-electron chi connectivity index (χ0n) is 8.56. The highest BCUT2D eigenvalue weighted by Gasteiger charge is 2.21. The maximum Gasteiger partial charge on any atom is 0.227 e. The summed E-state index contributed by atoms with van der Waals surface area (Å²) in [6.07, 6.45) is 0. The van der Waals surface area contributed by atoms with Crippen molar-refractivity contribution in [1.82, 2.24) is 0 Å². The molecule has 0 bridgehead atoms. The molecule has 0 unspecified atom stereocenters. The maximum atomic E-state index is 8.82. The summed E-state index contributed by atoms with van der Waals surface area (Å²) in [5.74, 6) is 0.698. The summed E-state index contributed by atoms with van der Waals surface area (Å²) in [7, 11) is 0. The fourth-order valence-electron chi connectivity index (χ4n) is 0.837. The van der Waals surface area contributed by atoms with Crippen LogP contribution < -0.4 is 4.74 Å². The Labute approximate surface area is 99.2 Å². The SMILES string of the molecule is CC(C)(C#N)SC(=S)Oc1ccccc1. The minimum Gasteiger partial charge on any atom is -0.440 e. The van der Waals surface area contributed by atoms with Gasteiger partial charge in [-0.05, 0) is 38.2 Å². The molecule has 4 heteroatoms. The Morgan fingerprint density at radius 1 is 1.40 bits per heavy atom. The van der Waals surface area contributed by atoms with Gasteiger partial charge in [0.15, 0.2) is 0 Å². The summed E-state index contributed by atoms with van der Waals surface area (Å²) in [6.45, 7) is 3.61. The van der Waals surface area contributed by atoms with Gasteiger partial charge in [0.2, 0.25) is 4.38 Å². The molecule has 78 valence electrons. The van der Waals surface area contributed by atoms with Crippen LogP contribution in [0.2, 0.25) is 0 Å². The lowest BCUT2D eigenvalue weighted by molar-refractivity contribution is 0.578. The van der Waals surface area contributed by atoms with Gasteiger partial charge in [-0.15, -0.1) is 0 Å². The first-order valence-electron chi connectivity index (χ1n) is 4.40. The van der Waals surface area contributed by atoms with Gasteiger partial charge in [-0.1, -0.05) is 30.0 Å². The molecule has 15 heavy (non-hydrogen) atoms. The number of para-hydroxylation sites is 1. The molecule has 0 aliphatic heterocycles. The van der Waals surface area contributed by atoms with Crippen molar-refractivity contribution in [3.8, 4) is 11.8 Å². The van der Waals surface area contributed by atoms with E-state index in [1.54, 1.807) is 13.8 Å². The summed E-state index contributed by atoms with van der Waals surface area (Å²) in [6, 6.07) is 11.5. The molecule has 0 heterocycles. The first-order valence-corrected chi connectivity index (χ1v) is 5.63. The Hall–Kier alpha value is -1.05. The van der Waals surface area contributed by atoms with Crippen LogP contribution in [-0.2, 0) is 0 Å². The van der Waals surface area contributed by atoms with E-state index in [1.807, 2.05) is 30.3 Å². The minimum atomic E-state index is -0.550. The van der Waals surface area contributed by atoms with E-state index in [9.17, 15) is 0 Å². The number of benzene rings is 1. The van der Waals surface area contributed by atoms with Crippen LogP contribution in [-0.4, -0.2) is 9.13 Å². The molecule has 0 saturated carbocycles. The Kier molecular flexibility index (Phi) is 4.13. The van der Waals surface area contributed by atoms with Crippen molar-refractivity contribution in [3.05, 3.63) is 30.3 Å². The standard InChI is InChI=1S/C11H11NOS2/c1-11(2,8-12)15-10(14)13-9-6-4-3-5-7-9/h3-7H,1-2H3. The van der Waals surface area contributed by atoms with Crippen LogP contribution in [0.5, 0.6) is 5.75 Å². The Morgan fingerprint density at radius 3 is 2.53 bits per heavy atom. The molecule has 0 aliphatic carbocycles. The van der Waals surface area contributed by atoms with Gasteiger partial charge in [0.25, 0.3) is 0 Å². The van der Waals surface area contributed by atoms with Gasteiger partial charge >= 0.3 is 0 Å². The average molecular weight is 237 g/mol. The van der Waals surface area contributed by atoms with Crippen LogP contribution in [0.25, 0.3) is 0 Å². The lowest BCUT2D eigenvalue weighted by Gasteiger charge is -2.14. The minimum absolute atomic E-state index is 0.368. The third kappa shape index (κ3) is 4.32. The molecular weight excluding hydrogens is 226 g/mol. The predicted molar refractivity (Wildman–Crippen MR) is 67.0 cm³/mol. The second-order valence-corrected chi connectivity index (χ2v) is 5.61. The smallest absolute Gasteiger partial charge is 0.227 e. The second-order valence-electron chi connectivity index (χ2n) is 3.39. The Morgan fingerprint density at radius 2 is 2.00 bits per heavy atom. The van der Waals surface area contributed by atoms with E-state index in [4.69, 9.17) is 22.2 Å². The summed E-state index contributed by atoms with van der Waals surface area (Å²) in [5.41, 5.74) is 0. The van der Waals surface area contributed by atoms with E-state index in [-0.39, 0.29) is 0 Å². The van der Waals surface area contributed by atoms with E-state index < -0.39 is 4.75 Å². The largest absolute Gasteiger partial charge is 0.440 e. The molecule has 1 aromatic carbocycles. The number of ether oxygens (including phenoxy) is 1. The van der Waals surface area contributed by atoms with Gasteiger partial charge < -0.3 is 4.74 Å². The molecular formula is C11H11NOS2. The first-order chi connectivity index (χ1) is 7.03. The van der Waals surface area contributed by atoms with Gasteiger partial charge in [0.05, 0.1) is 6.07 Å². The van der Waals surface area contributed by atoms with E-state index >= 15 is 0 Å². The second kappa shape index (κ2) is 5.15. The van der Waals surface area contributed by atoms with E-state index in [1.165, 1.54) is 11.8 Å². The number of nitrogens with zero attached hydrogens (tertiary/aromatic N) is 1. The zero-order valence-corrected chi connectivity index (χ0v) is 10.2. The van der Waals surface area contributed by atoms with Crippen molar-refractivity contribution in [2.75, 3.05) is 0 Å². The normalized spacial score (nSPS) is 10.5. The molecule has 1 rings (SSSR count). The van der Waals surface area contributed by atoms with Crippen molar-refractivity contribution in [2.45, 2.75) is 18.6 Å². The molecule has 0 amide bonds. The molecule has 0 atom stereocenters. The number of hydrogen-bond donors (Lipinski definition) is 0. The van der Waals surface area contributed by atoms with E-state index in [0.29, 0.717) is 10.1 Å². The van der Waals surface area contributed by atoms with E-state index in [0.717, 1.165) is 0 Å². The molecule has 0 N–H and O–H groups in total. The summed E-state index contributed by atoms with van der Waals surface area (Å²) in [4.78, 5) is 0. The van der Waals surface area contributed by atoms with Crippen molar-refractivity contribution < 1.29 is 4.74 Å². The number of rotatable bonds is 2. The predicted octanol–water partition coefficient (Wildman–Crippen LogP) is 3.39. The lowest BCUT2D eigenvalue weighted by atomic mass is 10.2. The van der Waals surface area contributed by atoms with Gasteiger partial charge in [0, 0.05) is 0 Å². The number of hydrogen-bond acceptors (Lipinski definition) is 4. The molecule has 0 saturated heterocycles. The van der Waals surface area contributed by atoms with E-state index in [2.05, 4.69) is 6.07 Å². The number of thioether (sulfide) groups is 1. The summed E-state index contributed by atoms with van der Waals surface area (Å²) in [5, 5.41) is 8.82. The monoisotopic (exact) mass is 237 g/mol. The topological polar surface area (TPSA) is 33.0 Å². The van der Waals surface area contributed by atoms with Crippen LogP contribution in [0.4, 0.5) is 0 Å². The number of nitriles is 1. The zero-order chi connectivity index (χ0) is 11.3. The summed E-state index contributed by atoms with van der Waals surface area (Å²) < 4.78 is 5.21. The summed E-state index contributed by atoms with van der Waals surface area (Å²) >= 11 is 6.28. The number of thiocarbonyl (C=S) groups is 1. The quantitative estimate of drug-likeness (QED) is 0.738. The molecule has 1 aromatic rings. The van der Waals surface area contributed by atoms with Crippen molar-refractivity contribution in [2.24, 2.45) is 0 Å². The van der Waals surface area contributed by atoms with Gasteiger partial charge in [-0.25, -0.2) is 0 Å².